The van der Waals surface area contributed by atoms with Crippen LogP contribution in [0.4, 0.5) is 14.5 Å². The number of amides is 1. The summed E-state index contributed by atoms with van der Waals surface area (Å²) in [6.07, 6.45) is 1.98. The molecular weight excluding hydrogens is 346 g/mol. The number of carbonyl (C=O) groups is 1. The summed E-state index contributed by atoms with van der Waals surface area (Å²) in [5.41, 5.74) is 0.355. The minimum atomic E-state index is -3.24. The maximum Gasteiger partial charge on any atom is 0.288 e. The normalized spacial score (nSPS) is 17.4. The van der Waals surface area contributed by atoms with Gasteiger partial charge in [0.2, 0.25) is 15.9 Å². The Morgan fingerprint density at radius 2 is 1.91 bits per heavy atom. The second-order valence-corrected chi connectivity index (χ2v) is 8.31. The number of nitrogens with zero attached hydrogens (tertiary/aromatic N) is 1. The van der Waals surface area contributed by atoms with Crippen molar-refractivity contribution in [3.8, 4) is 0 Å². The second-order valence-electron chi connectivity index (χ2n) is 5.30. The van der Waals surface area contributed by atoms with Crippen LogP contribution in [0.2, 0.25) is 0 Å². The maximum absolute atomic E-state index is 12.5. The van der Waals surface area contributed by atoms with E-state index in [-0.39, 0.29) is 11.8 Å². The van der Waals surface area contributed by atoms with Gasteiger partial charge in [-0.05, 0) is 25.0 Å². The highest BCUT2D eigenvalue weighted by Crippen LogP contribution is 2.32. The lowest BCUT2D eigenvalue weighted by Crippen LogP contribution is -2.40. The van der Waals surface area contributed by atoms with Gasteiger partial charge < -0.3 is 5.32 Å². The van der Waals surface area contributed by atoms with E-state index in [1.165, 1.54) is 10.4 Å². The summed E-state index contributed by atoms with van der Waals surface area (Å²) < 4.78 is 49.3. The number of piperidine rings is 1. The van der Waals surface area contributed by atoms with Crippen LogP contribution < -0.4 is 5.32 Å². The van der Waals surface area contributed by atoms with Gasteiger partial charge in [-0.15, -0.1) is 0 Å². The number of hydrogen-bond acceptors (Lipinski definition) is 4. The highest BCUT2D eigenvalue weighted by Gasteiger charge is 2.29. The molecule has 1 aromatic carbocycles. The van der Waals surface area contributed by atoms with Crippen molar-refractivity contribution in [3.63, 3.8) is 0 Å². The van der Waals surface area contributed by atoms with Crippen LogP contribution >= 0.6 is 11.8 Å². The van der Waals surface area contributed by atoms with Gasteiger partial charge in [0, 0.05) is 23.9 Å². The first-order chi connectivity index (χ1) is 10.8. The number of nitrogens with one attached hydrogen (secondary N) is 1. The lowest BCUT2D eigenvalue weighted by Gasteiger charge is -2.29. The van der Waals surface area contributed by atoms with E-state index in [1.54, 1.807) is 18.2 Å². The number of hydrogen-bond donors (Lipinski definition) is 1. The molecule has 0 radical (unpaired) electrons. The Balaban J connectivity index is 1.98. The number of carbonyl (C=O) groups excluding carboxylic acids is 1. The zero-order valence-electron chi connectivity index (χ0n) is 12.5. The molecule has 0 spiro atoms. The smallest absolute Gasteiger partial charge is 0.288 e. The highest BCUT2D eigenvalue weighted by molar-refractivity contribution is 7.99. The lowest BCUT2D eigenvalue weighted by atomic mass is 9.97. The first-order valence-electron chi connectivity index (χ1n) is 7.07. The number of thioether (sulfide) groups is 1. The average Bonchev–Trinajstić information content (AvgIpc) is 2.48. The van der Waals surface area contributed by atoms with Gasteiger partial charge in [-0.25, -0.2) is 12.7 Å². The van der Waals surface area contributed by atoms with E-state index < -0.39 is 15.8 Å². The Kier molecular flexibility index (Phi) is 5.99. The molecule has 0 saturated carbocycles. The van der Waals surface area contributed by atoms with Crippen molar-refractivity contribution in [3.05, 3.63) is 24.3 Å². The largest absolute Gasteiger partial charge is 0.325 e. The Bertz CT molecular complexity index is 660. The molecule has 5 nitrogen and oxygen atoms in total. The Morgan fingerprint density at radius 1 is 1.30 bits per heavy atom. The Morgan fingerprint density at radius 3 is 2.48 bits per heavy atom. The first kappa shape index (κ1) is 18.2. The molecule has 0 atom stereocenters. The molecule has 1 aromatic rings. The van der Waals surface area contributed by atoms with E-state index >= 15 is 0 Å². The summed E-state index contributed by atoms with van der Waals surface area (Å²) in [5.74, 6) is -3.15. The molecule has 0 aromatic heterocycles. The van der Waals surface area contributed by atoms with E-state index in [0.29, 0.717) is 48.3 Å². The average molecular weight is 364 g/mol. The molecule has 0 aliphatic carbocycles. The van der Waals surface area contributed by atoms with Crippen LogP contribution in [-0.4, -0.2) is 43.7 Å². The van der Waals surface area contributed by atoms with Gasteiger partial charge in [0.1, 0.15) is 0 Å². The first-order valence-corrected chi connectivity index (χ1v) is 9.80. The fourth-order valence-electron chi connectivity index (χ4n) is 2.45. The minimum absolute atomic E-state index is 0.263. The Labute approximate surface area is 138 Å². The zero-order valence-corrected chi connectivity index (χ0v) is 14.2. The van der Waals surface area contributed by atoms with Crippen LogP contribution in [0.3, 0.4) is 0 Å². The van der Waals surface area contributed by atoms with Gasteiger partial charge in [-0.1, -0.05) is 23.9 Å². The number of benzene rings is 1. The molecule has 1 amide bonds. The van der Waals surface area contributed by atoms with Gasteiger partial charge >= 0.3 is 0 Å². The van der Waals surface area contributed by atoms with E-state index in [9.17, 15) is 22.0 Å². The van der Waals surface area contributed by atoms with Crippen molar-refractivity contribution in [1.82, 2.24) is 4.31 Å². The summed E-state index contributed by atoms with van der Waals surface area (Å²) >= 11 is 0.382. The molecule has 128 valence electrons. The van der Waals surface area contributed by atoms with Crippen LogP contribution in [0.5, 0.6) is 0 Å². The summed E-state index contributed by atoms with van der Waals surface area (Å²) in [6.45, 7) is 0.592. The number of anilines is 1. The van der Waals surface area contributed by atoms with Gasteiger partial charge in [0.15, 0.2) is 0 Å². The van der Waals surface area contributed by atoms with E-state index in [4.69, 9.17) is 0 Å². The van der Waals surface area contributed by atoms with Crippen LogP contribution in [-0.2, 0) is 14.8 Å². The van der Waals surface area contributed by atoms with Crippen LogP contribution in [0.1, 0.15) is 12.8 Å². The van der Waals surface area contributed by atoms with Crippen molar-refractivity contribution in [1.29, 1.82) is 0 Å². The minimum Gasteiger partial charge on any atom is -0.325 e. The predicted molar refractivity (Wildman–Crippen MR) is 86.1 cm³/mol. The topological polar surface area (TPSA) is 66.5 Å². The number of halogens is 2. The van der Waals surface area contributed by atoms with Gasteiger partial charge in [0.25, 0.3) is 5.76 Å². The molecule has 2 rings (SSSR count). The highest BCUT2D eigenvalue weighted by atomic mass is 32.2. The third kappa shape index (κ3) is 5.15. The number of sulfonamides is 1. The van der Waals surface area contributed by atoms with Crippen molar-refractivity contribution in [2.45, 2.75) is 23.5 Å². The molecule has 1 saturated heterocycles. The van der Waals surface area contributed by atoms with Crippen LogP contribution in [0, 0.1) is 5.92 Å². The van der Waals surface area contributed by atoms with Gasteiger partial charge in [0.05, 0.1) is 11.9 Å². The molecule has 1 aliphatic heterocycles. The fourth-order valence-corrected chi connectivity index (χ4v) is 3.92. The fraction of sp³-hybridized carbons (Fsp3) is 0.500. The van der Waals surface area contributed by atoms with Crippen molar-refractivity contribution in [2.75, 3.05) is 24.7 Å². The van der Waals surface area contributed by atoms with Gasteiger partial charge in [-0.3, -0.25) is 4.79 Å². The number of para-hydroxylation sites is 1. The van der Waals surface area contributed by atoms with Crippen LogP contribution in [0.15, 0.2) is 29.2 Å². The van der Waals surface area contributed by atoms with Gasteiger partial charge in [-0.2, -0.15) is 8.78 Å². The molecule has 9 heteroatoms. The summed E-state index contributed by atoms with van der Waals surface area (Å²) in [5, 5.41) is 2.68. The molecule has 0 bridgehead atoms. The summed E-state index contributed by atoms with van der Waals surface area (Å²) in [6, 6.07) is 6.40. The molecule has 1 aliphatic rings. The quantitative estimate of drug-likeness (QED) is 0.816. The number of rotatable bonds is 5. The molecule has 0 unspecified atom stereocenters. The third-order valence-electron chi connectivity index (χ3n) is 3.65. The van der Waals surface area contributed by atoms with Crippen molar-refractivity contribution >= 4 is 33.4 Å². The Hall–Kier alpha value is -1.19. The monoisotopic (exact) mass is 364 g/mol. The molecular formula is C14H18F2N2O3S2. The van der Waals surface area contributed by atoms with E-state index in [1.807, 2.05) is 0 Å². The third-order valence-corrected chi connectivity index (χ3v) is 5.75. The van der Waals surface area contributed by atoms with Crippen molar-refractivity contribution < 1.29 is 22.0 Å². The second kappa shape index (κ2) is 7.59. The maximum atomic E-state index is 12.5. The van der Waals surface area contributed by atoms with E-state index in [0.717, 1.165) is 6.26 Å². The predicted octanol–water partition coefficient (Wildman–Crippen LogP) is 2.61. The van der Waals surface area contributed by atoms with Crippen LogP contribution in [0.25, 0.3) is 0 Å². The summed E-state index contributed by atoms with van der Waals surface area (Å²) in [7, 11) is -3.24. The number of alkyl halides is 2. The summed E-state index contributed by atoms with van der Waals surface area (Å²) in [4.78, 5) is 12.6. The standard InChI is InChI=1S/C14H18F2N2O3S2/c1-23(20,21)18-8-6-10(7-9-18)13(19)17-11-4-2-3-5-12(11)22-14(15)16/h2-5,10,14H,6-9H2,1H3,(H,17,19). The molecule has 1 N–H and O–H groups in total. The molecule has 23 heavy (non-hydrogen) atoms. The molecule has 1 fully saturated rings. The lowest BCUT2D eigenvalue weighted by molar-refractivity contribution is -0.120. The zero-order chi connectivity index (χ0) is 17.0. The van der Waals surface area contributed by atoms with E-state index in [2.05, 4.69) is 5.32 Å². The van der Waals surface area contributed by atoms with Crippen molar-refractivity contribution in [2.24, 2.45) is 5.92 Å². The molecule has 1 heterocycles. The SMILES string of the molecule is CS(=O)(=O)N1CCC(C(=O)Nc2ccccc2SC(F)F)CC1.